The van der Waals surface area contributed by atoms with Crippen molar-refractivity contribution in [2.45, 2.75) is 55.4 Å². The number of hydrogen-bond acceptors (Lipinski definition) is 2. The second-order valence-corrected chi connectivity index (χ2v) is 18.8. The Kier molecular flexibility index (Phi) is 12.9. The number of nitrogens with zero attached hydrogens (tertiary/aromatic N) is 2. The van der Waals surface area contributed by atoms with E-state index in [-0.39, 0.29) is 0 Å². The first kappa shape index (κ1) is 46.5. The maximum Gasteiger partial charge on any atom is 0.0540 e. The van der Waals surface area contributed by atoms with E-state index in [4.69, 9.17) is 0 Å². The smallest absolute Gasteiger partial charge is 0.0540 e. The zero-order chi connectivity index (χ0) is 49.3. The van der Waals surface area contributed by atoms with E-state index in [0.717, 1.165) is 11.4 Å². The molecule has 0 aliphatic rings. The van der Waals surface area contributed by atoms with Crippen molar-refractivity contribution in [3.05, 3.63) is 239 Å². The van der Waals surface area contributed by atoms with Crippen LogP contribution in [-0.2, 0) is 0 Å². The first-order valence-corrected chi connectivity index (χ1v) is 25.2. The van der Waals surface area contributed by atoms with Crippen LogP contribution in [0.1, 0.15) is 48.6 Å². The Morgan fingerprint density at radius 2 is 0.704 bits per heavy atom. The third-order valence-corrected chi connectivity index (χ3v) is 14.2. The van der Waals surface area contributed by atoms with Gasteiger partial charge in [-0.25, -0.2) is 0 Å². The molecular weight excluding hydrogens is 857 g/mol. The number of rotatable bonds is 7. The fraction of sp³-hybridized carbons (Fsp3) is 0.130. The molecule has 12 rings (SSSR count). The van der Waals surface area contributed by atoms with Gasteiger partial charge in [-0.1, -0.05) is 194 Å². The van der Waals surface area contributed by atoms with E-state index in [1.165, 1.54) is 126 Å². The molecule has 0 fully saturated rings. The molecule has 2 heteroatoms. The van der Waals surface area contributed by atoms with Crippen LogP contribution in [-0.4, -0.2) is 7.05 Å². The van der Waals surface area contributed by atoms with E-state index >= 15 is 0 Å². The van der Waals surface area contributed by atoms with E-state index in [0.29, 0.717) is 0 Å². The minimum absolute atomic E-state index is 1.15. The lowest BCUT2D eigenvalue weighted by molar-refractivity contribution is 1.20. The minimum atomic E-state index is 1.15. The largest absolute Gasteiger partial charge is 0.345 e. The fourth-order valence-electron chi connectivity index (χ4n) is 10.8. The summed E-state index contributed by atoms with van der Waals surface area (Å²) in [5.41, 5.74) is 17.4. The van der Waals surface area contributed by atoms with Gasteiger partial charge < -0.3 is 9.80 Å². The molecule has 0 bridgehead atoms. The van der Waals surface area contributed by atoms with Gasteiger partial charge in [-0.15, -0.1) is 0 Å². The SMILES string of the molecule is C/C=c1\c2c(C)cccc2c2c(-c3ccccc3)c3c4ccc(N(c5ccc(C)cc5)c5ccc(C)cc5)c5cccc(c3c(-c3ccccc3)c12)c54.CC.Cc1ccc(N(C)c2ccc(C)cc2)cc1. The molecule has 0 saturated carbocycles. The summed E-state index contributed by atoms with van der Waals surface area (Å²) in [7, 11) is 2.09. The molecule has 0 saturated heterocycles. The van der Waals surface area contributed by atoms with Crippen molar-refractivity contribution < 1.29 is 0 Å². The normalized spacial score (nSPS) is 11.5. The van der Waals surface area contributed by atoms with Crippen LogP contribution in [0.4, 0.5) is 28.4 Å². The van der Waals surface area contributed by atoms with Crippen LogP contribution in [0.5, 0.6) is 0 Å². The van der Waals surface area contributed by atoms with Crippen LogP contribution in [0.2, 0.25) is 0 Å². The van der Waals surface area contributed by atoms with Crippen LogP contribution in [0, 0.1) is 34.6 Å². The molecule has 12 aromatic rings. The van der Waals surface area contributed by atoms with Crippen molar-refractivity contribution in [1.29, 1.82) is 0 Å². The van der Waals surface area contributed by atoms with E-state index in [2.05, 4.69) is 271 Å². The number of benzene rings is 10. The third-order valence-electron chi connectivity index (χ3n) is 14.2. The monoisotopic (exact) mass is 918 g/mol. The third kappa shape index (κ3) is 8.34. The minimum Gasteiger partial charge on any atom is -0.345 e. The topological polar surface area (TPSA) is 6.48 Å². The van der Waals surface area contributed by atoms with Gasteiger partial charge in [0, 0.05) is 35.2 Å². The molecule has 0 aliphatic carbocycles. The molecule has 0 aliphatic heterocycles. The molecule has 0 N–H and O–H groups in total. The van der Waals surface area contributed by atoms with Crippen molar-refractivity contribution in [3.8, 4) is 22.3 Å². The fourth-order valence-corrected chi connectivity index (χ4v) is 10.8. The lowest BCUT2D eigenvalue weighted by Crippen LogP contribution is -2.10. The Morgan fingerprint density at radius 1 is 0.324 bits per heavy atom. The quantitative estimate of drug-likeness (QED) is 0.157. The zero-order valence-corrected chi connectivity index (χ0v) is 42.6. The second-order valence-electron chi connectivity index (χ2n) is 18.8. The summed E-state index contributed by atoms with van der Waals surface area (Å²) >= 11 is 0. The van der Waals surface area contributed by atoms with E-state index < -0.39 is 0 Å². The molecular formula is C69H62N2. The first-order chi connectivity index (χ1) is 34.7. The molecule has 2 nitrogen and oxygen atoms in total. The van der Waals surface area contributed by atoms with Crippen LogP contribution in [0.25, 0.3) is 82.2 Å². The Hall–Kier alpha value is -8.20. The van der Waals surface area contributed by atoms with Crippen molar-refractivity contribution >= 4 is 88.4 Å². The molecule has 12 aromatic carbocycles. The number of anilines is 5. The molecule has 71 heavy (non-hydrogen) atoms. The molecule has 0 aromatic heterocycles. The highest BCUT2D eigenvalue weighted by molar-refractivity contribution is 6.43. The highest BCUT2D eigenvalue weighted by Gasteiger charge is 2.28. The summed E-state index contributed by atoms with van der Waals surface area (Å²) < 4.78 is 0. The summed E-state index contributed by atoms with van der Waals surface area (Å²) in [5, 5.41) is 14.5. The summed E-state index contributed by atoms with van der Waals surface area (Å²) in [6, 6.07) is 75.7. The van der Waals surface area contributed by atoms with Gasteiger partial charge in [-0.2, -0.15) is 0 Å². The van der Waals surface area contributed by atoms with Gasteiger partial charge in [-0.3, -0.25) is 0 Å². The molecule has 0 atom stereocenters. The molecule has 348 valence electrons. The van der Waals surface area contributed by atoms with E-state index in [1.807, 2.05) is 13.8 Å². The van der Waals surface area contributed by atoms with Crippen LogP contribution >= 0.6 is 0 Å². The summed E-state index contributed by atoms with van der Waals surface area (Å²) in [5.74, 6) is 0. The van der Waals surface area contributed by atoms with Gasteiger partial charge in [0.05, 0.1) is 5.69 Å². The lowest BCUT2D eigenvalue weighted by atomic mass is 9.87. The van der Waals surface area contributed by atoms with E-state index in [1.54, 1.807) is 0 Å². The number of fused-ring (bicyclic) bond motifs is 6. The molecule has 0 amide bonds. The lowest BCUT2D eigenvalue weighted by Gasteiger charge is -2.27. The standard InChI is InChI=1S/C52H39N.C15H17N.C2H6/c1-5-39-45-34(4)14-12-20-41(45)50-47(36-17-10-7-11-18-36)52-43-30-31-44(53(37-26-22-32(2)23-27-37)38-28-24-33(3)25-29-38)40-19-13-21-42(48(40)43)51(52)46(49(39)50)35-15-8-6-9-16-35;1-12-4-8-14(9-5-12)16(3)15-10-6-13(2)7-11-15;1-2/h5-31H,1-4H3;4-11H,1-3H3;1-2H3/b39-5+;;. The summed E-state index contributed by atoms with van der Waals surface area (Å²) in [6.45, 7) is 17.0. The Labute approximate surface area is 420 Å². The van der Waals surface area contributed by atoms with Crippen molar-refractivity contribution in [2.24, 2.45) is 0 Å². The van der Waals surface area contributed by atoms with Crippen molar-refractivity contribution in [3.63, 3.8) is 0 Å². The Bertz CT molecular complexity index is 3760. The van der Waals surface area contributed by atoms with Gasteiger partial charge in [0.1, 0.15) is 0 Å². The number of hydrogen-bond donors (Lipinski definition) is 0. The van der Waals surface area contributed by atoms with Gasteiger partial charge in [0.2, 0.25) is 0 Å². The van der Waals surface area contributed by atoms with Crippen LogP contribution in [0.15, 0.2) is 206 Å². The maximum absolute atomic E-state index is 2.43. The van der Waals surface area contributed by atoms with Gasteiger partial charge >= 0.3 is 0 Å². The zero-order valence-electron chi connectivity index (χ0n) is 42.6. The average molecular weight is 919 g/mol. The van der Waals surface area contributed by atoms with Crippen molar-refractivity contribution in [1.82, 2.24) is 0 Å². The average Bonchev–Trinajstić information content (AvgIpc) is 3.93. The first-order valence-electron chi connectivity index (χ1n) is 25.2. The maximum atomic E-state index is 2.43. The van der Waals surface area contributed by atoms with Gasteiger partial charge in [0.15, 0.2) is 0 Å². The summed E-state index contributed by atoms with van der Waals surface area (Å²) in [6.07, 6.45) is 2.34. The van der Waals surface area contributed by atoms with Crippen LogP contribution in [0.3, 0.4) is 0 Å². The molecule has 0 unspecified atom stereocenters. The predicted octanol–water partition coefficient (Wildman–Crippen LogP) is 19.2. The Morgan fingerprint density at radius 3 is 1.17 bits per heavy atom. The molecule has 0 radical (unpaired) electrons. The van der Waals surface area contributed by atoms with Crippen molar-refractivity contribution in [2.75, 3.05) is 16.8 Å². The summed E-state index contributed by atoms with van der Waals surface area (Å²) in [4.78, 5) is 4.62. The van der Waals surface area contributed by atoms with E-state index in [9.17, 15) is 0 Å². The van der Waals surface area contributed by atoms with Gasteiger partial charge in [0.25, 0.3) is 0 Å². The van der Waals surface area contributed by atoms with Gasteiger partial charge in [-0.05, 0) is 178 Å². The predicted molar refractivity (Wildman–Crippen MR) is 312 cm³/mol. The second kappa shape index (κ2) is 19.7. The highest BCUT2D eigenvalue weighted by atomic mass is 15.1. The molecule has 0 spiro atoms. The molecule has 0 heterocycles. The highest BCUT2D eigenvalue weighted by Crippen LogP contribution is 2.54. The van der Waals surface area contributed by atoms with Crippen LogP contribution < -0.4 is 15.0 Å². The Balaban J connectivity index is 0.000000274. The number of aryl methyl sites for hydroxylation is 5.